The van der Waals surface area contributed by atoms with Crippen molar-refractivity contribution in [1.29, 1.82) is 0 Å². The van der Waals surface area contributed by atoms with E-state index in [4.69, 9.17) is 17.3 Å². The lowest BCUT2D eigenvalue weighted by molar-refractivity contribution is -0.116. The lowest BCUT2D eigenvalue weighted by Crippen LogP contribution is -2.17. The molecule has 6 heteroatoms. The maximum absolute atomic E-state index is 11.5. The first-order valence-corrected chi connectivity index (χ1v) is 6.54. The van der Waals surface area contributed by atoms with Gasteiger partial charge in [-0.05, 0) is 24.6 Å². The SMILES string of the molecule is CCCC(=O)Nc1ccc(Cl)c(NC(=O)CCN)c1. The molecule has 1 aromatic rings. The standard InChI is InChI=1S/C13H18ClN3O2/c1-2-3-12(18)16-9-4-5-10(14)11(8-9)17-13(19)6-7-15/h4-5,8H,2-3,6-7,15H2,1H3,(H,16,18)(H,17,19). The van der Waals surface area contributed by atoms with Gasteiger partial charge in [0.15, 0.2) is 0 Å². The second-order valence-corrected chi connectivity index (χ2v) is 4.49. The highest BCUT2D eigenvalue weighted by Crippen LogP contribution is 2.25. The van der Waals surface area contributed by atoms with Gasteiger partial charge < -0.3 is 16.4 Å². The lowest BCUT2D eigenvalue weighted by atomic mass is 10.2. The van der Waals surface area contributed by atoms with Crippen molar-refractivity contribution in [3.8, 4) is 0 Å². The van der Waals surface area contributed by atoms with E-state index in [9.17, 15) is 9.59 Å². The second-order valence-electron chi connectivity index (χ2n) is 4.08. The van der Waals surface area contributed by atoms with Gasteiger partial charge in [-0.25, -0.2) is 0 Å². The van der Waals surface area contributed by atoms with Crippen LogP contribution in [0.4, 0.5) is 11.4 Å². The van der Waals surface area contributed by atoms with Gasteiger partial charge in [-0.1, -0.05) is 18.5 Å². The van der Waals surface area contributed by atoms with Crippen molar-refractivity contribution in [2.24, 2.45) is 5.73 Å². The number of anilines is 2. The zero-order chi connectivity index (χ0) is 14.3. The predicted molar refractivity (Wildman–Crippen MR) is 77.3 cm³/mol. The number of rotatable bonds is 6. The van der Waals surface area contributed by atoms with Gasteiger partial charge in [-0.15, -0.1) is 0 Å². The average Bonchev–Trinajstić information content (AvgIpc) is 2.34. The molecule has 0 saturated heterocycles. The molecule has 0 radical (unpaired) electrons. The van der Waals surface area contributed by atoms with Crippen molar-refractivity contribution >= 4 is 34.8 Å². The molecule has 19 heavy (non-hydrogen) atoms. The van der Waals surface area contributed by atoms with Crippen LogP contribution < -0.4 is 16.4 Å². The van der Waals surface area contributed by atoms with Gasteiger partial charge in [0, 0.05) is 25.1 Å². The molecule has 0 atom stereocenters. The zero-order valence-corrected chi connectivity index (χ0v) is 11.6. The summed E-state index contributed by atoms with van der Waals surface area (Å²) >= 11 is 5.98. The monoisotopic (exact) mass is 283 g/mol. The van der Waals surface area contributed by atoms with Gasteiger partial charge in [0.25, 0.3) is 0 Å². The molecule has 1 aromatic carbocycles. The highest BCUT2D eigenvalue weighted by molar-refractivity contribution is 6.33. The number of halogens is 1. The van der Waals surface area contributed by atoms with Crippen molar-refractivity contribution in [3.05, 3.63) is 23.2 Å². The van der Waals surface area contributed by atoms with E-state index >= 15 is 0 Å². The van der Waals surface area contributed by atoms with Crippen molar-refractivity contribution in [1.82, 2.24) is 0 Å². The quantitative estimate of drug-likeness (QED) is 0.749. The van der Waals surface area contributed by atoms with E-state index in [1.807, 2.05) is 6.92 Å². The van der Waals surface area contributed by atoms with Crippen LogP contribution in [0.2, 0.25) is 5.02 Å². The molecule has 0 aliphatic rings. The van der Waals surface area contributed by atoms with E-state index in [0.29, 0.717) is 22.8 Å². The minimum Gasteiger partial charge on any atom is -0.330 e. The van der Waals surface area contributed by atoms with E-state index < -0.39 is 0 Å². The third kappa shape index (κ3) is 5.28. The number of carbonyl (C=O) groups is 2. The van der Waals surface area contributed by atoms with E-state index in [1.54, 1.807) is 18.2 Å². The Labute approximate surface area is 117 Å². The molecule has 0 heterocycles. The second kappa shape index (κ2) is 7.76. The van der Waals surface area contributed by atoms with Crippen LogP contribution in [0.5, 0.6) is 0 Å². The molecule has 104 valence electrons. The maximum atomic E-state index is 11.5. The number of amides is 2. The normalized spacial score (nSPS) is 10.1. The molecule has 0 saturated carbocycles. The molecule has 0 aliphatic carbocycles. The maximum Gasteiger partial charge on any atom is 0.225 e. The van der Waals surface area contributed by atoms with Crippen LogP contribution in [0.1, 0.15) is 26.2 Å². The summed E-state index contributed by atoms with van der Waals surface area (Å²) in [5.74, 6) is -0.273. The molecular weight excluding hydrogens is 266 g/mol. The highest BCUT2D eigenvalue weighted by atomic mass is 35.5. The topological polar surface area (TPSA) is 84.2 Å². The molecule has 0 aromatic heterocycles. The van der Waals surface area contributed by atoms with E-state index in [0.717, 1.165) is 6.42 Å². The first-order valence-electron chi connectivity index (χ1n) is 6.16. The summed E-state index contributed by atoms with van der Waals surface area (Å²) < 4.78 is 0. The molecular formula is C13H18ClN3O2. The van der Waals surface area contributed by atoms with Gasteiger partial charge >= 0.3 is 0 Å². The average molecular weight is 284 g/mol. The van der Waals surface area contributed by atoms with Crippen molar-refractivity contribution < 1.29 is 9.59 Å². The zero-order valence-electron chi connectivity index (χ0n) is 10.8. The first-order chi connectivity index (χ1) is 9.06. The van der Waals surface area contributed by atoms with Crippen LogP contribution in [0.15, 0.2) is 18.2 Å². The molecule has 5 nitrogen and oxygen atoms in total. The van der Waals surface area contributed by atoms with Gasteiger partial charge in [0.1, 0.15) is 0 Å². The Morgan fingerprint density at radius 2 is 1.89 bits per heavy atom. The molecule has 0 fully saturated rings. The summed E-state index contributed by atoms with van der Waals surface area (Å²) in [4.78, 5) is 22.9. The lowest BCUT2D eigenvalue weighted by Gasteiger charge is -2.10. The first kappa shape index (κ1) is 15.5. The third-order valence-corrected chi connectivity index (χ3v) is 2.70. The van der Waals surface area contributed by atoms with Gasteiger partial charge in [0.05, 0.1) is 10.7 Å². The summed E-state index contributed by atoms with van der Waals surface area (Å²) in [5.41, 5.74) is 6.37. The van der Waals surface area contributed by atoms with Gasteiger partial charge in [-0.3, -0.25) is 9.59 Å². The Balaban J connectivity index is 2.76. The Kier molecular flexibility index (Phi) is 6.32. The van der Waals surface area contributed by atoms with Gasteiger partial charge in [-0.2, -0.15) is 0 Å². The fourth-order valence-electron chi connectivity index (χ4n) is 1.49. The molecule has 0 unspecified atom stereocenters. The Hall–Kier alpha value is -1.59. The number of nitrogens with two attached hydrogens (primary N) is 1. The molecule has 1 rings (SSSR count). The number of hydrogen-bond donors (Lipinski definition) is 3. The summed E-state index contributed by atoms with van der Waals surface area (Å²) in [7, 11) is 0. The highest BCUT2D eigenvalue weighted by Gasteiger charge is 2.07. The van der Waals surface area contributed by atoms with E-state index in [1.165, 1.54) is 0 Å². The predicted octanol–water partition coefficient (Wildman–Crippen LogP) is 2.37. The third-order valence-electron chi connectivity index (χ3n) is 2.37. The number of benzene rings is 1. The Morgan fingerprint density at radius 1 is 1.21 bits per heavy atom. The summed E-state index contributed by atoms with van der Waals surface area (Å²) in [6.07, 6.45) is 1.46. The minimum atomic E-state index is -0.207. The molecule has 2 amide bonds. The van der Waals surface area contributed by atoms with E-state index in [-0.39, 0.29) is 24.8 Å². The fourth-order valence-corrected chi connectivity index (χ4v) is 1.66. The van der Waals surface area contributed by atoms with Crippen LogP contribution in [0.25, 0.3) is 0 Å². The molecule has 4 N–H and O–H groups in total. The fraction of sp³-hybridized carbons (Fsp3) is 0.385. The summed E-state index contributed by atoms with van der Waals surface area (Å²) in [6, 6.07) is 4.94. The largest absolute Gasteiger partial charge is 0.330 e. The van der Waals surface area contributed by atoms with Crippen LogP contribution in [-0.2, 0) is 9.59 Å². The minimum absolute atomic E-state index is 0.0657. The van der Waals surface area contributed by atoms with Crippen molar-refractivity contribution in [2.45, 2.75) is 26.2 Å². The summed E-state index contributed by atoms with van der Waals surface area (Å²) in [6.45, 7) is 2.20. The Bertz CT molecular complexity index is 463. The van der Waals surface area contributed by atoms with Gasteiger partial charge in [0.2, 0.25) is 11.8 Å². The molecule has 0 bridgehead atoms. The Morgan fingerprint density at radius 3 is 2.53 bits per heavy atom. The van der Waals surface area contributed by atoms with Crippen LogP contribution in [0.3, 0.4) is 0 Å². The van der Waals surface area contributed by atoms with Crippen molar-refractivity contribution in [3.63, 3.8) is 0 Å². The number of nitrogens with one attached hydrogen (secondary N) is 2. The van der Waals surface area contributed by atoms with E-state index in [2.05, 4.69) is 10.6 Å². The molecule has 0 spiro atoms. The van der Waals surface area contributed by atoms with Crippen LogP contribution in [-0.4, -0.2) is 18.4 Å². The van der Waals surface area contributed by atoms with Crippen LogP contribution in [0, 0.1) is 0 Å². The van der Waals surface area contributed by atoms with Crippen LogP contribution >= 0.6 is 11.6 Å². The number of carbonyl (C=O) groups excluding carboxylic acids is 2. The molecule has 0 aliphatic heterocycles. The summed E-state index contributed by atoms with van der Waals surface area (Å²) in [5, 5.41) is 5.81. The van der Waals surface area contributed by atoms with Crippen molar-refractivity contribution in [2.75, 3.05) is 17.2 Å². The smallest absolute Gasteiger partial charge is 0.225 e. The number of hydrogen-bond acceptors (Lipinski definition) is 3.